The van der Waals surface area contributed by atoms with E-state index in [1.54, 1.807) is 0 Å². The molecule has 0 radical (unpaired) electrons. The highest BCUT2D eigenvalue weighted by Gasteiger charge is 2.32. The molecule has 2 amide bonds. The maximum atomic E-state index is 12.1. The molecule has 1 aliphatic rings. The Morgan fingerprint density at radius 1 is 1.37 bits per heavy atom. The van der Waals surface area contributed by atoms with Gasteiger partial charge >= 0.3 is 12.4 Å². The number of benzene rings is 1. The summed E-state index contributed by atoms with van der Waals surface area (Å²) in [7, 11) is 1.33. The second-order valence-electron chi connectivity index (χ2n) is 3.86. The van der Waals surface area contributed by atoms with Gasteiger partial charge in [0.05, 0.1) is 13.2 Å². The molecule has 104 valence electrons. The molecule has 0 unspecified atom stereocenters. The van der Waals surface area contributed by atoms with Crippen LogP contribution in [-0.2, 0) is 0 Å². The molecule has 1 fully saturated rings. The van der Waals surface area contributed by atoms with E-state index in [0.29, 0.717) is 12.1 Å². The van der Waals surface area contributed by atoms with Crippen molar-refractivity contribution in [1.82, 2.24) is 10.6 Å². The Labute approximate surface area is 106 Å². The van der Waals surface area contributed by atoms with Crippen molar-refractivity contribution in [2.45, 2.75) is 12.4 Å². The van der Waals surface area contributed by atoms with E-state index >= 15 is 0 Å². The van der Waals surface area contributed by atoms with Gasteiger partial charge in [-0.25, -0.2) is 4.79 Å². The molecule has 0 aliphatic carbocycles. The van der Waals surface area contributed by atoms with Crippen molar-refractivity contribution >= 4 is 6.03 Å². The lowest BCUT2D eigenvalue weighted by Gasteiger charge is -2.16. The van der Waals surface area contributed by atoms with Crippen molar-refractivity contribution in [1.29, 1.82) is 0 Å². The molecule has 1 aromatic carbocycles. The average molecular weight is 276 g/mol. The third-order valence-electron chi connectivity index (χ3n) is 2.59. The number of hydrogen-bond donors (Lipinski definition) is 2. The fourth-order valence-electron chi connectivity index (χ4n) is 1.82. The van der Waals surface area contributed by atoms with Crippen molar-refractivity contribution in [2.75, 3.05) is 13.7 Å². The van der Waals surface area contributed by atoms with Crippen LogP contribution in [0.25, 0.3) is 0 Å². The number of ether oxygens (including phenoxy) is 2. The summed E-state index contributed by atoms with van der Waals surface area (Å²) in [6, 6.07) is 3.06. The molecule has 2 N–H and O–H groups in total. The predicted octanol–water partition coefficient (Wildman–Crippen LogP) is 1.95. The first kappa shape index (κ1) is 13.3. The summed E-state index contributed by atoms with van der Waals surface area (Å²) >= 11 is 0. The second kappa shape index (κ2) is 4.87. The summed E-state index contributed by atoms with van der Waals surface area (Å²) in [6.07, 6.45) is -4.75. The molecule has 0 saturated carbocycles. The Morgan fingerprint density at radius 2 is 2.11 bits per heavy atom. The number of alkyl halides is 3. The van der Waals surface area contributed by atoms with Crippen LogP contribution in [0.15, 0.2) is 18.2 Å². The summed E-state index contributed by atoms with van der Waals surface area (Å²) in [4.78, 5) is 11.0. The van der Waals surface area contributed by atoms with E-state index in [0.717, 1.165) is 6.07 Å². The largest absolute Gasteiger partial charge is 0.573 e. The van der Waals surface area contributed by atoms with Crippen LogP contribution >= 0.6 is 0 Å². The fourth-order valence-corrected chi connectivity index (χ4v) is 1.82. The highest BCUT2D eigenvalue weighted by atomic mass is 19.4. The van der Waals surface area contributed by atoms with Crippen molar-refractivity contribution in [3.05, 3.63) is 23.8 Å². The number of nitrogens with one attached hydrogen (secondary N) is 2. The SMILES string of the molecule is COc1cc(OC(F)(F)F)ccc1[C@H]1CNC(=O)N1. The number of amides is 2. The van der Waals surface area contributed by atoms with Crippen LogP contribution in [0.3, 0.4) is 0 Å². The molecule has 1 saturated heterocycles. The van der Waals surface area contributed by atoms with Crippen LogP contribution in [0.4, 0.5) is 18.0 Å². The van der Waals surface area contributed by atoms with Gasteiger partial charge in [-0.2, -0.15) is 0 Å². The molecular weight excluding hydrogens is 265 g/mol. The maximum absolute atomic E-state index is 12.1. The van der Waals surface area contributed by atoms with E-state index < -0.39 is 6.36 Å². The van der Waals surface area contributed by atoms with Crippen LogP contribution in [0, 0.1) is 0 Å². The van der Waals surface area contributed by atoms with Crippen molar-refractivity contribution < 1.29 is 27.4 Å². The summed E-state index contributed by atoms with van der Waals surface area (Å²) in [5.41, 5.74) is 0.579. The molecule has 5 nitrogen and oxygen atoms in total. The Kier molecular flexibility index (Phi) is 3.41. The number of hydrogen-bond acceptors (Lipinski definition) is 3. The molecule has 0 bridgehead atoms. The monoisotopic (exact) mass is 276 g/mol. The van der Waals surface area contributed by atoms with Crippen LogP contribution in [0.2, 0.25) is 0 Å². The van der Waals surface area contributed by atoms with Crippen LogP contribution < -0.4 is 20.1 Å². The minimum Gasteiger partial charge on any atom is -0.496 e. The molecule has 0 aromatic heterocycles. The van der Waals surface area contributed by atoms with E-state index in [2.05, 4.69) is 15.4 Å². The van der Waals surface area contributed by atoms with E-state index in [4.69, 9.17) is 4.74 Å². The lowest BCUT2D eigenvalue weighted by molar-refractivity contribution is -0.274. The van der Waals surface area contributed by atoms with Gasteiger partial charge in [0.2, 0.25) is 0 Å². The van der Waals surface area contributed by atoms with Gasteiger partial charge in [-0.15, -0.1) is 13.2 Å². The van der Waals surface area contributed by atoms with Gasteiger partial charge in [-0.1, -0.05) is 0 Å². The Balaban J connectivity index is 2.24. The molecule has 0 spiro atoms. The minimum absolute atomic E-state index is 0.218. The zero-order chi connectivity index (χ0) is 14.0. The van der Waals surface area contributed by atoms with E-state index in [1.807, 2.05) is 0 Å². The zero-order valence-electron chi connectivity index (χ0n) is 9.88. The van der Waals surface area contributed by atoms with Gasteiger partial charge in [0, 0.05) is 18.2 Å². The number of urea groups is 1. The minimum atomic E-state index is -4.75. The standard InChI is InChI=1S/C11H11F3N2O3/c1-18-9-4-6(19-11(12,13)14)2-3-7(9)8-5-15-10(17)16-8/h2-4,8H,5H2,1H3,(H2,15,16,17)/t8-/m1/s1. The zero-order valence-corrected chi connectivity index (χ0v) is 9.88. The average Bonchev–Trinajstić information content (AvgIpc) is 2.73. The van der Waals surface area contributed by atoms with Crippen molar-refractivity contribution in [3.63, 3.8) is 0 Å². The molecule has 1 atom stereocenters. The Bertz CT molecular complexity index is 491. The second-order valence-corrected chi connectivity index (χ2v) is 3.86. The quantitative estimate of drug-likeness (QED) is 0.887. The Hall–Kier alpha value is -2.12. The summed E-state index contributed by atoms with van der Waals surface area (Å²) in [5.74, 6) is -0.152. The van der Waals surface area contributed by atoms with E-state index in [-0.39, 0.29) is 23.6 Å². The predicted molar refractivity (Wildman–Crippen MR) is 59.0 cm³/mol. The molecule has 19 heavy (non-hydrogen) atoms. The number of rotatable bonds is 3. The molecule has 1 aromatic rings. The molecule has 2 rings (SSSR count). The van der Waals surface area contributed by atoms with Crippen molar-refractivity contribution in [2.24, 2.45) is 0 Å². The topological polar surface area (TPSA) is 59.6 Å². The van der Waals surface area contributed by atoms with Gasteiger partial charge in [-0.3, -0.25) is 0 Å². The lowest BCUT2D eigenvalue weighted by Crippen LogP contribution is -2.22. The molecular formula is C11H11F3N2O3. The first-order valence-corrected chi connectivity index (χ1v) is 5.37. The lowest BCUT2D eigenvalue weighted by atomic mass is 10.1. The summed E-state index contributed by atoms with van der Waals surface area (Å²) < 4.78 is 45.1. The van der Waals surface area contributed by atoms with Gasteiger partial charge in [-0.05, 0) is 12.1 Å². The first-order chi connectivity index (χ1) is 8.89. The number of halogens is 3. The molecule has 1 aliphatic heterocycles. The van der Waals surface area contributed by atoms with E-state index in [1.165, 1.54) is 19.2 Å². The normalized spacial score (nSPS) is 18.7. The van der Waals surface area contributed by atoms with E-state index in [9.17, 15) is 18.0 Å². The summed E-state index contributed by atoms with van der Waals surface area (Å²) in [6.45, 7) is 0.342. The fraction of sp³-hybridized carbons (Fsp3) is 0.364. The van der Waals surface area contributed by atoms with Crippen LogP contribution in [0.1, 0.15) is 11.6 Å². The third-order valence-corrected chi connectivity index (χ3v) is 2.59. The van der Waals surface area contributed by atoms with Crippen LogP contribution in [-0.4, -0.2) is 26.0 Å². The van der Waals surface area contributed by atoms with Gasteiger partial charge in [0.25, 0.3) is 0 Å². The highest BCUT2D eigenvalue weighted by molar-refractivity contribution is 5.77. The first-order valence-electron chi connectivity index (χ1n) is 5.37. The smallest absolute Gasteiger partial charge is 0.496 e. The van der Waals surface area contributed by atoms with Gasteiger partial charge in [0.1, 0.15) is 11.5 Å². The summed E-state index contributed by atoms with van der Waals surface area (Å²) in [5, 5.41) is 5.17. The molecule has 8 heteroatoms. The number of methoxy groups -OCH3 is 1. The maximum Gasteiger partial charge on any atom is 0.573 e. The van der Waals surface area contributed by atoms with Crippen molar-refractivity contribution in [3.8, 4) is 11.5 Å². The Morgan fingerprint density at radius 3 is 2.63 bits per heavy atom. The third kappa shape index (κ3) is 3.21. The molecule has 1 heterocycles. The number of carbonyl (C=O) groups excluding carboxylic acids is 1. The van der Waals surface area contributed by atoms with Gasteiger partial charge in [0.15, 0.2) is 0 Å². The highest BCUT2D eigenvalue weighted by Crippen LogP contribution is 2.32. The van der Waals surface area contributed by atoms with Gasteiger partial charge < -0.3 is 20.1 Å². The van der Waals surface area contributed by atoms with Crippen LogP contribution in [0.5, 0.6) is 11.5 Å². The number of carbonyl (C=O) groups is 1.